The first kappa shape index (κ1) is 15.8. The fraction of sp³-hybridized carbons (Fsp3) is 0.533. The molecule has 6 heteroatoms. The van der Waals surface area contributed by atoms with Crippen LogP contribution in [0.4, 0.5) is 13.2 Å². The quantitative estimate of drug-likeness (QED) is 0.912. The monoisotopic (exact) mass is 300 g/mol. The summed E-state index contributed by atoms with van der Waals surface area (Å²) in [6, 6.07) is 4.16. The van der Waals surface area contributed by atoms with Crippen molar-refractivity contribution < 1.29 is 18.0 Å². The number of likely N-dealkylation sites (tertiary alicyclic amines) is 1. The molecule has 0 bridgehead atoms. The Morgan fingerprint density at radius 3 is 2.43 bits per heavy atom. The number of halogens is 3. The number of nitrogens with zero attached hydrogens (tertiary/aromatic N) is 1. The Kier molecular flexibility index (Phi) is 4.56. The molecule has 1 aromatic rings. The van der Waals surface area contributed by atoms with Crippen LogP contribution >= 0.6 is 0 Å². The fourth-order valence-corrected chi connectivity index (χ4v) is 2.72. The van der Waals surface area contributed by atoms with Crippen molar-refractivity contribution in [1.29, 1.82) is 0 Å². The summed E-state index contributed by atoms with van der Waals surface area (Å²) in [5.41, 5.74) is 5.44. The van der Waals surface area contributed by atoms with Crippen LogP contribution in [0.1, 0.15) is 42.1 Å². The predicted molar refractivity (Wildman–Crippen MR) is 73.8 cm³/mol. The van der Waals surface area contributed by atoms with Crippen molar-refractivity contribution in [1.82, 2.24) is 4.90 Å². The van der Waals surface area contributed by atoms with Gasteiger partial charge in [0.1, 0.15) is 0 Å². The molecule has 1 saturated heterocycles. The summed E-state index contributed by atoms with van der Waals surface area (Å²) in [6.07, 6.45) is -1.64. The van der Waals surface area contributed by atoms with Crippen molar-refractivity contribution in [2.24, 2.45) is 5.73 Å². The van der Waals surface area contributed by atoms with Crippen molar-refractivity contribution >= 4 is 5.91 Å². The Balaban J connectivity index is 2.19. The summed E-state index contributed by atoms with van der Waals surface area (Å²) >= 11 is 0. The number of carbonyl (C=O) groups is 1. The molecule has 1 aliphatic rings. The van der Waals surface area contributed by atoms with Gasteiger partial charge in [0.05, 0.1) is 5.56 Å². The van der Waals surface area contributed by atoms with E-state index in [1.54, 1.807) is 4.90 Å². The van der Waals surface area contributed by atoms with Gasteiger partial charge in [-0.25, -0.2) is 0 Å². The topological polar surface area (TPSA) is 46.3 Å². The molecule has 0 unspecified atom stereocenters. The van der Waals surface area contributed by atoms with Gasteiger partial charge < -0.3 is 10.6 Å². The molecule has 1 amide bonds. The number of carbonyl (C=O) groups excluding carboxylic acids is 1. The van der Waals surface area contributed by atoms with E-state index in [2.05, 4.69) is 0 Å². The van der Waals surface area contributed by atoms with Gasteiger partial charge in [0, 0.05) is 24.2 Å². The van der Waals surface area contributed by atoms with Crippen LogP contribution < -0.4 is 5.73 Å². The molecular weight excluding hydrogens is 281 g/mol. The van der Waals surface area contributed by atoms with Crippen LogP contribution in [0.2, 0.25) is 0 Å². The summed E-state index contributed by atoms with van der Waals surface area (Å²) in [5.74, 6) is -0.245. The molecular formula is C15H19F3N2O. The van der Waals surface area contributed by atoms with E-state index in [0.29, 0.717) is 6.54 Å². The third-order valence-electron chi connectivity index (χ3n) is 3.88. The Bertz CT molecular complexity index is 497. The molecule has 0 saturated carbocycles. The second kappa shape index (κ2) is 6.05. The van der Waals surface area contributed by atoms with E-state index in [1.807, 2.05) is 6.92 Å². The van der Waals surface area contributed by atoms with E-state index in [-0.39, 0.29) is 23.6 Å². The molecule has 0 aromatic heterocycles. The standard InChI is InChI=1S/C15H19F3N2O/c1-10(19)13-4-2-3-9-20(13)14(21)11-5-7-12(8-6-11)15(16,17)18/h5-8,10,13H,2-4,9,19H2,1H3/t10-,13+/m1/s1. The molecule has 2 rings (SSSR count). The van der Waals surface area contributed by atoms with E-state index >= 15 is 0 Å². The van der Waals surface area contributed by atoms with Crippen LogP contribution in [0.25, 0.3) is 0 Å². The van der Waals surface area contributed by atoms with Crippen molar-refractivity contribution in [2.45, 2.75) is 44.4 Å². The van der Waals surface area contributed by atoms with E-state index in [9.17, 15) is 18.0 Å². The zero-order valence-corrected chi connectivity index (χ0v) is 11.9. The van der Waals surface area contributed by atoms with Gasteiger partial charge in [0.2, 0.25) is 0 Å². The molecule has 0 spiro atoms. The minimum absolute atomic E-state index is 0.0476. The average molecular weight is 300 g/mol. The number of benzene rings is 1. The van der Waals surface area contributed by atoms with E-state index in [1.165, 1.54) is 12.1 Å². The van der Waals surface area contributed by atoms with Gasteiger partial charge in [-0.05, 0) is 50.5 Å². The first-order chi connectivity index (χ1) is 9.80. The van der Waals surface area contributed by atoms with Crippen molar-refractivity contribution in [3.8, 4) is 0 Å². The highest BCUT2D eigenvalue weighted by atomic mass is 19.4. The molecule has 21 heavy (non-hydrogen) atoms. The van der Waals surface area contributed by atoms with Crippen LogP contribution in [0.5, 0.6) is 0 Å². The molecule has 0 radical (unpaired) electrons. The van der Waals surface area contributed by atoms with Gasteiger partial charge in [-0.2, -0.15) is 13.2 Å². The molecule has 0 aliphatic carbocycles. The van der Waals surface area contributed by atoms with Crippen LogP contribution in [0.3, 0.4) is 0 Å². The maximum Gasteiger partial charge on any atom is 0.416 e. The molecule has 1 aromatic carbocycles. The third kappa shape index (κ3) is 3.56. The van der Waals surface area contributed by atoms with Crippen molar-refractivity contribution in [3.05, 3.63) is 35.4 Å². The Hall–Kier alpha value is -1.56. The van der Waals surface area contributed by atoms with Crippen molar-refractivity contribution in [2.75, 3.05) is 6.54 Å². The second-order valence-corrected chi connectivity index (χ2v) is 5.50. The van der Waals surface area contributed by atoms with Gasteiger partial charge in [-0.15, -0.1) is 0 Å². The summed E-state index contributed by atoms with van der Waals surface area (Å²) in [5, 5.41) is 0. The SMILES string of the molecule is C[C@@H](N)[C@@H]1CCCCN1C(=O)c1ccc(C(F)(F)F)cc1. The molecule has 2 atom stereocenters. The van der Waals surface area contributed by atoms with E-state index in [0.717, 1.165) is 31.4 Å². The fourth-order valence-electron chi connectivity index (χ4n) is 2.72. The molecule has 1 fully saturated rings. The number of nitrogens with two attached hydrogens (primary N) is 1. The Morgan fingerprint density at radius 1 is 1.29 bits per heavy atom. The van der Waals surface area contributed by atoms with E-state index in [4.69, 9.17) is 5.73 Å². The smallest absolute Gasteiger partial charge is 0.334 e. The van der Waals surface area contributed by atoms with Crippen LogP contribution in [0, 0.1) is 0 Å². The van der Waals surface area contributed by atoms with Gasteiger partial charge in [0.25, 0.3) is 5.91 Å². The van der Waals surface area contributed by atoms with Gasteiger partial charge in [0.15, 0.2) is 0 Å². The average Bonchev–Trinajstić information content (AvgIpc) is 2.45. The number of amides is 1. The third-order valence-corrected chi connectivity index (χ3v) is 3.88. The highest BCUT2D eigenvalue weighted by molar-refractivity contribution is 5.94. The Morgan fingerprint density at radius 2 is 1.90 bits per heavy atom. The zero-order chi connectivity index (χ0) is 15.6. The van der Waals surface area contributed by atoms with Gasteiger partial charge >= 0.3 is 6.18 Å². The lowest BCUT2D eigenvalue weighted by atomic mass is 9.96. The van der Waals surface area contributed by atoms with Crippen molar-refractivity contribution in [3.63, 3.8) is 0 Å². The van der Waals surface area contributed by atoms with Gasteiger partial charge in [-0.3, -0.25) is 4.79 Å². The second-order valence-electron chi connectivity index (χ2n) is 5.50. The summed E-state index contributed by atoms with van der Waals surface area (Å²) in [6.45, 7) is 2.45. The lowest BCUT2D eigenvalue weighted by Crippen LogP contribution is -2.51. The minimum atomic E-state index is -4.39. The largest absolute Gasteiger partial charge is 0.416 e. The normalized spacial score (nSPS) is 21.2. The maximum atomic E-state index is 12.5. The minimum Gasteiger partial charge on any atom is -0.334 e. The van der Waals surface area contributed by atoms with E-state index < -0.39 is 11.7 Å². The first-order valence-corrected chi connectivity index (χ1v) is 7.04. The zero-order valence-electron chi connectivity index (χ0n) is 11.9. The summed E-state index contributed by atoms with van der Waals surface area (Å²) in [4.78, 5) is 14.2. The highest BCUT2D eigenvalue weighted by Gasteiger charge is 2.32. The molecule has 1 aliphatic heterocycles. The highest BCUT2D eigenvalue weighted by Crippen LogP contribution is 2.29. The summed E-state index contributed by atoms with van der Waals surface area (Å²) in [7, 11) is 0. The molecule has 1 heterocycles. The lowest BCUT2D eigenvalue weighted by Gasteiger charge is -2.38. The predicted octanol–water partition coefficient (Wildman–Crippen LogP) is 3.05. The number of alkyl halides is 3. The maximum absolute atomic E-state index is 12.5. The van der Waals surface area contributed by atoms with Crippen LogP contribution in [-0.4, -0.2) is 29.4 Å². The van der Waals surface area contributed by atoms with Crippen LogP contribution in [0.15, 0.2) is 24.3 Å². The number of piperidine rings is 1. The lowest BCUT2D eigenvalue weighted by molar-refractivity contribution is -0.137. The summed E-state index contributed by atoms with van der Waals surface area (Å²) < 4.78 is 37.6. The molecule has 2 N–H and O–H groups in total. The van der Waals surface area contributed by atoms with Gasteiger partial charge in [-0.1, -0.05) is 0 Å². The number of hydrogen-bond donors (Lipinski definition) is 1. The van der Waals surface area contributed by atoms with Crippen LogP contribution in [-0.2, 0) is 6.18 Å². The Labute approximate surface area is 121 Å². The first-order valence-electron chi connectivity index (χ1n) is 7.04. The molecule has 3 nitrogen and oxygen atoms in total. The molecule has 116 valence electrons. The number of rotatable bonds is 2. The number of hydrogen-bond acceptors (Lipinski definition) is 2.